The monoisotopic (exact) mass is 257 g/mol. The number of halogens is 1. The first-order chi connectivity index (χ1) is 9.24. The summed E-state index contributed by atoms with van der Waals surface area (Å²) in [7, 11) is 0. The first-order valence-corrected chi connectivity index (χ1v) is 5.47. The van der Waals surface area contributed by atoms with Crippen LogP contribution in [-0.4, -0.2) is 20.2 Å². The fraction of sp³-hybridized carbons (Fsp3) is 0. The molecule has 3 rings (SSSR count). The molecule has 3 aromatic rings. The lowest BCUT2D eigenvalue weighted by atomic mass is 10.2. The van der Waals surface area contributed by atoms with Gasteiger partial charge in [-0.3, -0.25) is 4.98 Å². The molecule has 0 bridgehead atoms. The van der Waals surface area contributed by atoms with Gasteiger partial charge in [0.05, 0.1) is 5.56 Å². The summed E-state index contributed by atoms with van der Waals surface area (Å²) in [4.78, 5) is 8.05. The average molecular weight is 257 g/mol. The zero-order chi connectivity index (χ0) is 13.2. The average Bonchev–Trinajstić information content (AvgIpc) is 2.89. The Kier molecular flexibility index (Phi) is 2.68. The van der Waals surface area contributed by atoms with E-state index in [1.807, 2.05) is 0 Å². The third-order valence-corrected chi connectivity index (χ3v) is 2.53. The lowest BCUT2D eigenvalue weighted by Gasteiger charge is -1.97. The number of aromatic hydroxyl groups is 1. The number of phenolic OH excluding ortho intramolecular Hbond substituents is 1. The van der Waals surface area contributed by atoms with Crippen LogP contribution in [0.25, 0.3) is 22.8 Å². The van der Waals surface area contributed by atoms with Gasteiger partial charge in [0, 0.05) is 24.0 Å². The van der Waals surface area contributed by atoms with Gasteiger partial charge < -0.3 is 9.63 Å². The van der Waals surface area contributed by atoms with Crippen molar-refractivity contribution in [2.75, 3.05) is 0 Å². The molecule has 0 unspecified atom stereocenters. The van der Waals surface area contributed by atoms with Gasteiger partial charge in [0.15, 0.2) is 0 Å². The Morgan fingerprint density at radius 3 is 2.84 bits per heavy atom. The van der Waals surface area contributed by atoms with E-state index in [-0.39, 0.29) is 17.2 Å². The minimum atomic E-state index is -0.624. The molecule has 0 saturated carbocycles. The van der Waals surface area contributed by atoms with Crippen molar-refractivity contribution >= 4 is 0 Å². The van der Waals surface area contributed by atoms with Crippen molar-refractivity contribution in [1.29, 1.82) is 0 Å². The molecule has 94 valence electrons. The van der Waals surface area contributed by atoms with Crippen molar-refractivity contribution in [1.82, 2.24) is 15.1 Å². The van der Waals surface area contributed by atoms with Crippen molar-refractivity contribution < 1.29 is 14.0 Å². The molecule has 1 aromatic carbocycles. The molecule has 0 aliphatic carbocycles. The molecule has 6 heteroatoms. The molecule has 19 heavy (non-hydrogen) atoms. The van der Waals surface area contributed by atoms with Gasteiger partial charge in [0.2, 0.25) is 5.82 Å². The predicted octanol–water partition coefficient (Wildman–Crippen LogP) is 2.64. The van der Waals surface area contributed by atoms with Crippen LogP contribution in [0.3, 0.4) is 0 Å². The second-order valence-electron chi connectivity index (χ2n) is 3.83. The largest absolute Gasteiger partial charge is 0.508 e. The number of rotatable bonds is 2. The summed E-state index contributed by atoms with van der Waals surface area (Å²) in [6.45, 7) is 0. The van der Waals surface area contributed by atoms with Crippen molar-refractivity contribution in [2.45, 2.75) is 0 Å². The number of hydrogen-bond donors (Lipinski definition) is 1. The van der Waals surface area contributed by atoms with Crippen molar-refractivity contribution in [2.24, 2.45) is 0 Å². The van der Waals surface area contributed by atoms with E-state index in [1.54, 1.807) is 24.5 Å². The second kappa shape index (κ2) is 4.49. The molecule has 0 saturated heterocycles. The quantitative estimate of drug-likeness (QED) is 0.764. The first-order valence-electron chi connectivity index (χ1n) is 5.47. The van der Waals surface area contributed by atoms with Crippen LogP contribution in [-0.2, 0) is 0 Å². The van der Waals surface area contributed by atoms with Crippen LogP contribution in [0.15, 0.2) is 47.2 Å². The molecule has 0 amide bonds. The second-order valence-corrected chi connectivity index (χ2v) is 3.83. The smallest absolute Gasteiger partial charge is 0.261 e. The number of benzene rings is 1. The van der Waals surface area contributed by atoms with Gasteiger partial charge >= 0.3 is 0 Å². The van der Waals surface area contributed by atoms with Gasteiger partial charge in [0.25, 0.3) is 5.89 Å². The molecule has 0 atom stereocenters. The SMILES string of the molecule is Oc1ccc(-c2nc(-c3cccnc3)no2)c(F)c1. The minimum absolute atomic E-state index is 0.0522. The highest BCUT2D eigenvalue weighted by atomic mass is 19.1. The maximum atomic E-state index is 13.6. The van der Waals surface area contributed by atoms with E-state index in [1.165, 1.54) is 12.1 Å². The van der Waals surface area contributed by atoms with Gasteiger partial charge in [-0.15, -0.1) is 0 Å². The number of pyridine rings is 1. The summed E-state index contributed by atoms with van der Waals surface area (Å²) in [5, 5.41) is 12.9. The van der Waals surface area contributed by atoms with E-state index in [0.29, 0.717) is 11.4 Å². The Morgan fingerprint density at radius 1 is 1.21 bits per heavy atom. The van der Waals surface area contributed by atoms with E-state index < -0.39 is 5.82 Å². The molecule has 0 radical (unpaired) electrons. The normalized spacial score (nSPS) is 10.6. The van der Waals surface area contributed by atoms with Crippen LogP contribution >= 0.6 is 0 Å². The Labute approximate surface area is 107 Å². The highest BCUT2D eigenvalue weighted by Crippen LogP contribution is 2.26. The van der Waals surface area contributed by atoms with Crippen LogP contribution in [0.5, 0.6) is 5.75 Å². The minimum Gasteiger partial charge on any atom is -0.508 e. The standard InChI is InChI=1S/C13H8FN3O2/c14-11-6-9(18)3-4-10(11)13-16-12(17-19-13)8-2-1-5-15-7-8/h1-7,18H. The Hall–Kier alpha value is -2.76. The van der Waals surface area contributed by atoms with Crippen LogP contribution in [0.1, 0.15) is 0 Å². The van der Waals surface area contributed by atoms with Gasteiger partial charge in [-0.25, -0.2) is 4.39 Å². The van der Waals surface area contributed by atoms with E-state index in [0.717, 1.165) is 6.07 Å². The van der Waals surface area contributed by atoms with Gasteiger partial charge in [-0.1, -0.05) is 5.16 Å². The molecule has 2 heterocycles. The van der Waals surface area contributed by atoms with Gasteiger partial charge in [-0.05, 0) is 24.3 Å². The van der Waals surface area contributed by atoms with Crippen LogP contribution < -0.4 is 0 Å². The highest BCUT2D eigenvalue weighted by molar-refractivity contribution is 5.60. The Morgan fingerprint density at radius 2 is 2.11 bits per heavy atom. The Balaban J connectivity index is 2.02. The van der Waals surface area contributed by atoms with Crippen molar-refractivity contribution in [3.8, 4) is 28.6 Å². The van der Waals surface area contributed by atoms with E-state index in [4.69, 9.17) is 9.63 Å². The molecule has 0 aliphatic heterocycles. The molecule has 1 N–H and O–H groups in total. The van der Waals surface area contributed by atoms with Crippen LogP contribution in [0.4, 0.5) is 4.39 Å². The third kappa shape index (κ3) is 2.15. The van der Waals surface area contributed by atoms with Crippen molar-refractivity contribution in [3.05, 3.63) is 48.5 Å². The molecular weight excluding hydrogens is 249 g/mol. The summed E-state index contributed by atoms with van der Waals surface area (Å²) in [5.74, 6) is -0.401. The molecule has 0 aliphatic rings. The van der Waals surface area contributed by atoms with Crippen LogP contribution in [0, 0.1) is 5.82 Å². The van der Waals surface area contributed by atoms with E-state index in [2.05, 4.69) is 15.1 Å². The molecule has 0 fully saturated rings. The summed E-state index contributed by atoms with van der Waals surface area (Å²) in [6.07, 6.45) is 3.21. The molecule has 5 nitrogen and oxygen atoms in total. The fourth-order valence-corrected chi connectivity index (χ4v) is 1.62. The fourth-order valence-electron chi connectivity index (χ4n) is 1.62. The molecular formula is C13H8FN3O2. The number of aromatic nitrogens is 3. The zero-order valence-electron chi connectivity index (χ0n) is 9.62. The lowest BCUT2D eigenvalue weighted by Crippen LogP contribution is -1.85. The number of phenols is 1. The summed E-state index contributed by atoms with van der Waals surface area (Å²) in [5.41, 5.74) is 0.817. The molecule has 2 aromatic heterocycles. The number of nitrogens with zero attached hydrogens (tertiary/aromatic N) is 3. The van der Waals surface area contributed by atoms with Crippen LogP contribution in [0.2, 0.25) is 0 Å². The van der Waals surface area contributed by atoms with Crippen molar-refractivity contribution in [3.63, 3.8) is 0 Å². The Bertz CT molecular complexity index is 713. The lowest BCUT2D eigenvalue weighted by molar-refractivity contribution is 0.428. The number of hydrogen-bond acceptors (Lipinski definition) is 5. The highest BCUT2D eigenvalue weighted by Gasteiger charge is 2.14. The van der Waals surface area contributed by atoms with E-state index >= 15 is 0 Å². The van der Waals surface area contributed by atoms with Gasteiger partial charge in [0.1, 0.15) is 11.6 Å². The summed E-state index contributed by atoms with van der Waals surface area (Å²) in [6, 6.07) is 7.24. The summed E-state index contributed by atoms with van der Waals surface area (Å²) < 4.78 is 18.7. The predicted molar refractivity (Wildman–Crippen MR) is 64.6 cm³/mol. The first kappa shape index (κ1) is 11.3. The molecule has 0 spiro atoms. The van der Waals surface area contributed by atoms with Gasteiger partial charge in [-0.2, -0.15) is 4.98 Å². The topological polar surface area (TPSA) is 72.0 Å². The zero-order valence-corrected chi connectivity index (χ0v) is 9.62. The summed E-state index contributed by atoms with van der Waals surface area (Å²) >= 11 is 0. The van der Waals surface area contributed by atoms with E-state index in [9.17, 15) is 4.39 Å². The maximum absolute atomic E-state index is 13.6. The maximum Gasteiger partial charge on any atom is 0.261 e. The third-order valence-electron chi connectivity index (χ3n) is 2.53.